The van der Waals surface area contributed by atoms with E-state index in [4.69, 9.17) is 4.52 Å². The van der Waals surface area contributed by atoms with Crippen LogP contribution in [0.5, 0.6) is 0 Å². The second kappa shape index (κ2) is 8.73. The van der Waals surface area contributed by atoms with Crippen molar-refractivity contribution in [2.75, 3.05) is 6.54 Å². The second-order valence-corrected chi connectivity index (χ2v) is 6.84. The minimum Gasteiger partial charge on any atom is -0.337 e. The summed E-state index contributed by atoms with van der Waals surface area (Å²) < 4.78 is 20.3. The van der Waals surface area contributed by atoms with E-state index in [0.717, 1.165) is 5.56 Å². The van der Waals surface area contributed by atoms with Crippen LogP contribution >= 0.6 is 0 Å². The first-order valence-corrected chi connectivity index (χ1v) is 9.71. The average molecular weight is 404 g/mol. The number of nitrogens with zero attached hydrogens (tertiary/aromatic N) is 4. The molecule has 30 heavy (non-hydrogen) atoms. The van der Waals surface area contributed by atoms with E-state index in [1.165, 1.54) is 12.1 Å². The van der Waals surface area contributed by atoms with Crippen LogP contribution in [0, 0.1) is 5.82 Å². The molecule has 7 heteroatoms. The molecule has 0 aliphatic rings. The van der Waals surface area contributed by atoms with Gasteiger partial charge in [0.25, 0.3) is 5.89 Å². The van der Waals surface area contributed by atoms with Crippen LogP contribution in [0.25, 0.3) is 23.0 Å². The molecule has 4 rings (SSSR count). The highest BCUT2D eigenvalue weighted by molar-refractivity contribution is 5.76. The van der Waals surface area contributed by atoms with Gasteiger partial charge in [0.05, 0.1) is 0 Å². The van der Waals surface area contributed by atoms with E-state index >= 15 is 0 Å². The molecule has 0 unspecified atom stereocenters. The van der Waals surface area contributed by atoms with Crippen molar-refractivity contribution in [3.05, 3.63) is 84.3 Å². The fourth-order valence-electron chi connectivity index (χ4n) is 3.22. The molecule has 0 fully saturated rings. The van der Waals surface area contributed by atoms with Crippen LogP contribution in [0.15, 0.2) is 77.4 Å². The van der Waals surface area contributed by atoms with Crippen LogP contribution in [0.1, 0.15) is 12.5 Å². The minimum atomic E-state index is -0.328. The Hall–Kier alpha value is -3.74. The monoisotopic (exact) mass is 404 g/mol. The Morgan fingerprint density at radius 2 is 1.83 bits per heavy atom. The van der Waals surface area contributed by atoms with Crippen molar-refractivity contribution in [3.63, 3.8) is 0 Å². The van der Waals surface area contributed by atoms with Crippen molar-refractivity contribution in [3.8, 4) is 23.0 Å². The lowest BCUT2D eigenvalue weighted by molar-refractivity contribution is -0.132. The molecule has 152 valence electrons. The average Bonchev–Trinajstić information content (AvgIpc) is 3.42. The molecule has 2 heterocycles. The molecule has 1 amide bonds. The van der Waals surface area contributed by atoms with Crippen molar-refractivity contribution >= 4 is 5.91 Å². The van der Waals surface area contributed by atoms with E-state index in [0.29, 0.717) is 36.1 Å². The van der Waals surface area contributed by atoms with Gasteiger partial charge in [-0.1, -0.05) is 35.5 Å². The molecule has 2 aromatic carbocycles. The Balaban J connectivity index is 1.50. The highest BCUT2D eigenvalue weighted by Crippen LogP contribution is 2.23. The van der Waals surface area contributed by atoms with Crippen molar-refractivity contribution < 1.29 is 13.7 Å². The Kier molecular flexibility index (Phi) is 5.70. The van der Waals surface area contributed by atoms with E-state index in [9.17, 15) is 9.18 Å². The third-order valence-corrected chi connectivity index (χ3v) is 4.83. The van der Waals surface area contributed by atoms with Crippen LogP contribution in [0.2, 0.25) is 0 Å². The van der Waals surface area contributed by atoms with E-state index in [1.807, 2.05) is 55.6 Å². The molecule has 0 saturated heterocycles. The van der Waals surface area contributed by atoms with Gasteiger partial charge in [0.1, 0.15) is 18.1 Å². The molecule has 6 nitrogen and oxygen atoms in total. The van der Waals surface area contributed by atoms with Crippen LogP contribution in [0.3, 0.4) is 0 Å². The Labute approximate surface area is 173 Å². The molecule has 0 atom stereocenters. The summed E-state index contributed by atoms with van der Waals surface area (Å²) in [7, 11) is 0. The number of amides is 1. The zero-order valence-electron chi connectivity index (χ0n) is 16.5. The number of carbonyl (C=O) groups is 1. The molecule has 4 aromatic rings. The summed E-state index contributed by atoms with van der Waals surface area (Å²) in [5.74, 6) is 0.337. The summed E-state index contributed by atoms with van der Waals surface area (Å²) in [6.07, 6.45) is 1.81. The Bertz CT molecular complexity index is 1120. The maximum absolute atomic E-state index is 13.1. The van der Waals surface area contributed by atoms with Gasteiger partial charge in [0, 0.05) is 24.8 Å². The third-order valence-electron chi connectivity index (χ3n) is 4.83. The predicted molar refractivity (Wildman–Crippen MR) is 111 cm³/mol. The summed E-state index contributed by atoms with van der Waals surface area (Å²) in [6.45, 7) is 3.29. The first-order chi connectivity index (χ1) is 14.6. The molecular formula is C23H21FN4O2. The van der Waals surface area contributed by atoms with E-state index < -0.39 is 0 Å². The Morgan fingerprint density at radius 3 is 2.57 bits per heavy atom. The number of rotatable bonds is 7. The molecule has 0 N–H and O–H groups in total. The van der Waals surface area contributed by atoms with Gasteiger partial charge in [0.2, 0.25) is 11.7 Å². The summed E-state index contributed by atoms with van der Waals surface area (Å²) in [5.41, 5.74) is 2.39. The molecule has 0 radical (unpaired) electrons. The lowest BCUT2D eigenvalue weighted by Gasteiger charge is -2.21. The van der Waals surface area contributed by atoms with Crippen LogP contribution < -0.4 is 0 Å². The SMILES string of the molecule is CCN(Cc1ccccc1)C(=O)Cn1cccc1-c1nc(-c2ccc(F)cc2)no1. The summed E-state index contributed by atoms with van der Waals surface area (Å²) in [6, 6.07) is 19.4. The standard InChI is InChI=1S/C23H21FN4O2/c1-2-27(15-17-7-4-3-5-8-17)21(29)16-28-14-6-9-20(28)23-25-22(26-30-23)18-10-12-19(24)13-11-18/h3-14H,2,15-16H2,1H3. The van der Waals surface area contributed by atoms with Crippen molar-refractivity contribution in [2.45, 2.75) is 20.0 Å². The van der Waals surface area contributed by atoms with Crippen molar-refractivity contribution in [1.82, 2.24) is 19.6 Å². The summed E-state index contributed by atoms with van der Waals surface area (Å²) >= 11 is 0. The maximum atomic E-state index is 13.1. The second-order valence-electron chi connectivity index (χ2n) is 6.84. The first-order valence-electron chi connectivity index (χ1n) is 9.71. The van der Waals surface area contributed by atoms with Gasteiger partial charge in [-0.2, -0.15) is 4.98 Å². The number of carbonyl (C=O) groups excluding carboxylic acids is 1. The lowest BCUT2D eigenvalue weighted by Crippen LogP contribution is -2.33. The van der Waals surface area contributed by atoms with E-state index in [1.54, 1.807) is 21.6 Å². The quantitative estimate of drug-likeness (QED) is 0.458. The van der Waals surface area contributed by atoms with Crippen molar-refractivity contribution in [1.29, 1.82) is 0 Å². The van der Waals surface area contributed by atoms with Crippen LogP contribution in [-0.4, -0.2) is 32.1 Å². The first kappa shape index (κ1) is 19.6. The Morgan fingerprint density at radius 1 is 1.07 bits per heavy atom. The number of hydrogen-bond acceptors (Lipinski definition) is 4. The van der Waals surface area contributed by atoms with Gasteiger partial charge < -0.3 is 14.0 Å². The highest BCUT2D eigenvalue weighted by atomic mass is 19.1. The van der Waals surface area contributed by atoms with Gasteiger partial charge >= 0.3 is 0 Å². The number of halogens is 1. The molecular weight excluding hydrogens is 383 g/mol. The molecule has 0 saturated carbocycles. The number of benzene rings is 2. The number of aromatic nitrogens is 3. The number of likely N-dealkylation sites (N-methyl/N-ethyl adjacent to an activating group) is 1. The minimum absolute atomic E-state index is 0.00271. The topological polar surface area (TPSA) is 64.2 Å². The smallest absolute Gasteiger partial charge is 0.274 e. The maximum Gasteiger partial charge on any atom is 0.274 e. The van der Waals surface area contributed by atoms with Gasteiger partial charge in [-0.3, -0.25) is 4.79 Å². The number of hydrogen-bond donors (Lipinski definition) is 0. The van der Waals surface area contributed by atoms with Crippen LogP contribution in [0.4, 0.5) is 4.39 Å². The zero-order valence-corrected chi connectivity index (χ0v) is 16.5. The largest absolute Gasteiger partial charge is 0.337 e. The predicted octanol–water partition coefficient (Wildman–Crippen LogP) is 4.39. The molecule has 0 spiro atoms. The summed E-state index contributed by atoms with van der Waals surface area (Å²) in [4.78, 5) is 19.1. The molecule has 0 aliphatic carbocycles. The van der Waals surface area contributed by atoms with E-state index in [-0.39, 0.29) is 18.3 Å². The third kappa shape index (κ3) is 4.30. The fraction of sp³-hybridized carbons (Fsp3) is 0.174. The van der Waals surface area contributed by atoms with Gasteiger partial charge in [-0.05, 0) is 48.9 Å². The van der Waals surface area contributed by atoms with Gasteiger partial charge in [0.15, 0.2) is 0 Å². The zero-order chi connectivity index (χ0) is 20.9. The van der Waals surface area contributed by atoms with Gasteiger partial charge in [-0.25, -0.2) is 4.39 Å². The normalized spacial score (nSPS) is 10.9. The van der Waals surface area contributed by atoms with E-state index in [2.05, 4.69) is 10.1 Å². The van der Waals surface area contributed by atoms with Gasteiger partial charge in [-0.15, -0.1) is 0 Å². The fourth-order valence-corrected chi connectivity index (χ4v) is 3.22. The molecule has 0 bridgehead atoms. The highest BCUT2D eigenvalue weighted by Gasteiger charge is 2.18. The van der Waals surface area contributed by atoms with Crippen molar-refractivity contribution in [2.24, 2.45) is 0 Å². The lowest BCUT2D eigenvalue weighted by atomic mass is 10.2. The summed E-state index contributed by atoms with van der Waals surface area (Å²) in [5, 5.41) is 3.98. The van der Waals surface area contributed by atoms with Crippen LogP contribution in [-0.2, 0) is 17.9 Å². The molecule has 2 aromatic heterocycles. The molecule has 0 aliphatic heterocycles.